The summed E-state index contributed by atoms with van der Waals surface area (Å²) < 4.78 is 9.83. The van der Waals surface area contributed by atoms with Crippen molar-refractivity contribution in [1.82, 2.24) is 5.32 Å². The second-order valence-corrected chi connectivity index (χ2v) is 6.32. The first-order valence-corrected chi connectivity index (χ1v) is 7.41. The zero-order valence-corrected chi connectivity index (χ0v) is 14.2. The van der Waals surface area contributed by atoms with E-state index in [4.69, 9.17) is 4.74 Å². The summed E-state index contributed by atoms with van der Waals surface area (Å²) >= 11 is 0. The Balaban J connectivity index is 4.82. The van der Waals surface area contributed by atoms with E-state index < -0.39 is 29.8 Å². The molecule has 0 aliphatic heterocycles. The summed E-state index contributed by atoms with van der Waals surface area (Å²) in [6.07, 6.45) is -1.31. The van der Waals surface area contributed by atoms with E-state index in [0.717, 1.165) is 0 Å². The van der Waals surface area contributed by atoms with Gasteiger partial charge in [0.2, 0.25) is 0 Å². The van der Waals surface area contributed by atoms with Crippen molar-refractivity contribution in [3.8, 4) is 11.8 Å². The molecule has 22 heavy (non-hydrogen) atoms. The first kappa shape index (κ1) is 20.3. The van der Waals surface area contributed by atoms with Gasteiger partial charge in [-0.1, -0.05) is 19.8 Å². The SMILES string of the molecule is CCOC(=O)C#CC(O)[C@H](CC(C)C)NC(=O)OC(C)(C)C. The minimum atomic E-state index is -1.18. The Bertz CT molecular complexity index is 428. The minimum Gasteiger partial charge on any atom is -0.456 e. The first-order chi connectivity index (χ1) is 10.0. The molecule has 2 N–H and O–H groups in total. The van der Waals surface area contributed by atoms with Crippen LogP contribution in [0.2, 0.25) is 0 Å². The molecule has 0 aliphatic rings. The lowest BCUT2D eigenvalue weighted by Crippen LogP contribution is -2.45. The number of hydrogen-bond donors (Lipinski definition) is 2. The third kappa shape index (κ3) is 10.1. The number of aliphatic hydroxyl groups excluding tert-OH is 1. The van der Waals surface area contributed by atoms with Crippen LogP contribution in [0, 0.1) is 17.8 Å². The lowest BCUT2D eigenvalue weighted by atomic mass is 9.99. The Kier molecular flexibility index (Phi) is 8.58. The van der Waals surface area contributed by atoms with Crippen LogP contribution >= 0.6 is 0 Å². The molecule has 0 aromatic rings. The fourth-order valence-electron chi connectivity index (χ4n) is 1.63. The van der Waals surface area contributed by atoms with Gasteiger partial charge in [-0.3, -0.25) is 0 Å². The molecule has 126 valence electrons. The maximum absolute atomic E-state index is 11.8. The van der Waals surface area contributed by atoms with E-state index in [1.165, 1.54) is 0 Å². The van der Waals surface area contributed by atoms with Gasteiger partial charge in [-0.2, -0.15) is 0 Å². The largest absolute Gasteiger partial charge is 0.456 e. The molecule has 0 bridgehead atoms. The first-order valence-electron chi connectivity index (χ1n) is 7.41. The van der Waals surface area contributed by atoms with E-state index in [1.807, 2.05) is 13.8 Å². The lowest BCUT2D eigenvalue weighted by molar-refractivity contribution is -0.136. The molecule has 0 radical (unpaired) electrons. The quantitative estimate of drug-likeness (QED) is 0.460. The molecule has 6 nitrogen and oxygen atoms in total. The molecular weight excluding hydrogens is 286 g/mol. The molecule has 0 aromatic carbocycles. The molecule has 0 heterocycles. The van der Waals surface area contributed by atoms with Gasteiger partial charge in [0.25, 0.3) is 0 Å². The highest BCUT2D eigenvalue weighted by molar-refractivity contribution is 5.88. The molecule has 0 rings (SSSR count). The van der Waals surface area contributed by atoms with Crippen LogP contribution in [0.1, 0.15) is 48.0 Å². The molecule has 2 atom stereocenters. The zero-order chi connectivity index (χ0) is 17.3. The van der Waals surface area contributed by atoms with E-state index in [9.17, 15) is 14.7 Å². The molecule has 0 fully saturated rings. The van der Waals surface area contributed by atoms with E-state index in [0.29, 0.717) is 6.42 Å². The highest BCUT2D eigenvalue weighted by Gasteiger charge is 2.24. The topological polar surface area (TPSA) is 84.9 Å². The maximum Gasteiger partial charge on any atom is 0.407 e. The summed E-state index contributed by atoms with van der Waals surface area (Å²) in [6.45, 7) is 11.0. The lowest BCUT2D eigenvalue weighted by Gasteiger charge is -2.25. The van der Waals surface area contributed by atoms with Crippen LogP contribution in [-0.4, -0.2) is 41.5 Å². The maximum atomic E-state index is 11.8. The Hall–Kier alpha value is -1.74. The molecule has 0 saturated heterocycles. The van der Waals surface area contributed by atoms with E-state index in [2.05, 4.69) is 21.9 Å². The summed E-state index contributed by atoms with van der Waals surface area (Å²) in [4.78, 5) is 23.0. The van der Waals surface area contributed by atoms with Gasteiger partial charge in [-0.15, -0.1) is 0 Å². The predicted octanol–water partition coefficient (Wildman–Crippen LogP) is 1.85. The monoisotopic (exact) mass is 313 g/mol. The summed E-state index contributed by atoms with van der Waals surface area (Å²) in [7, 11) is 0. The molecule has 0 spiro atoms. The fraction of sp³-hybridized carbons (Fsp3) is 0.750. The van der Waals surface area contributed by atoms with Gasteiger partial charge >= 0.3 is 12.1 Å². The number of aliphatic hydroxyl groups is 1. The highest BCUT2D eigenvalue weighted by Crippen LogP contribution is 2.11. The predicted molar refractivity (Wildman–Crippen MR) is 83.0 cm³/mol. The van der Waals surface area contributed by atoms with Gasteiger partial charge in [0.1, 0.15) is 11.7 Å². The van der Waals surface area contributed by atoms with Gasteiger partial charge in [0, 0.05) is 5.92 Å². The van der Waals surface area contributed by atoms with Gasteiger partial charge in [-0.25, -0.2) is 9.59 Å². The number of amides is 1. The third-order valence-corrected chi connectivity index (χ3v) is 2.41. The van der Waals surface area contributed by atoms with Crippen molar-refractivity contribution in [3.63, 3.8) is 0 Å². The number of rotatable bonds is 5. The van der Waals surface area contributed by atoms with Gasteiger partial charge < -0.3 is 19.9 Å². The smallest absolute Gasteiger partial charge is 0.407 e. The molecule has 0 aromatic heterocycles. The summed E-state index contributed by atoms with van der Waals surface area (Å²) in [5.74, 6) is 4.12. The van der Waals surface area contributed by atoms with Crippen molar-refractivity contribution in [2.75, 3.05) is 6.61 Å². The second-order valence-electron chi connectivity index (χ2n) is 6.32. The molecule has 0 saturated carbocycles. The molecule has 1 unspecified atom stereocenters. The van der Waals surface area contributed by atoms with Crippen LogP contribution in [0.15, 0.2) is 0 Å². The number of carbonyl (C=O) groups is 2. The Morgan fingerprint density at radius 3 is 2.32 bits per heavy atom. The Morgan fingerprint density at radius 2 is 1.86 bits per heavy atom. The van der Waals surface area contributed by atoms with Crippen LogP contribution in [0.3, 0.4) is 0 Å². The van der Waals surface area contributed by atoms with Crippen LogP contribution in [0.25, 0.3) is 0 Å². The summed E-state index contributed by atoms with van der Waals surface area (Å²) in [5, 5.41) is 12.7. The Labute approximate surface area is 132 Å². The fourth-order valence-corrected chi connectivity index (χ4v) is 1.63. The van der Waals surface area contributed by atoms with Crippen molar-refractivity contribution < 1.29 is 24.2 Å². The van der Waals surface area contributed by atoms with Crippen molar-refractivity contribution in [1.29, 1.82) is 0 Å². The normalized spacial score (nSPS) is 13.6. The number of hydrogen-bond acceptors (Lipinski definition) is 5. The van der Waals surface area contributed by atoms with Crippen molar-refractivity contribution in [2.45, 2.75) is 65.7 Å². The van der Waals surface area contributed by atoms with Crippen LogP contribution in [0.5, 0.6) is 0 Å². The van der Waals surface area contributed by atoms with Gasteiger partial charge in [0.15, 0.2) is 0 Å². The summed E-state index contributed by atoms with van der Waals surface area (Å²) in [6, 6.07) is -0.628. The third-order valence-electron chi connectivity index (χ3n) is 2.41. The number of ether oxygens (including phenoxy) is 2. The summed E-state index contributed by atoms with van der Waals surface area (Å²) in [5.41, 5.74) is -0.631. The van der Waals surface area contributed by atoms with Crippen molar-refractivity contribution >= 4 is 12.1 Å². The minimum absolute atomic E-state index is 0.217. The van der Waals surface area contributed by atoms with Gasteiger partial charge in [-0.05, 0) is 40.0 Å². The molecule has 6 heteroatoms. The second kappa shape index (κ2) is 9.31. The Morgan fingerprint density at radius 1 is 1.27 bits per heavy atom. The van der Waals surface area contributed by atoms with Crippen LogP contribution in [-0.2, 0) is 14.3 Å². The molecular formula is C16H27NO5. The van der Waals surface area contributed by atoms with E-state index in [1.54, 1.807) is 27.7 Å². The van der Waals surface area contributed by atoms with Crippen LogP contribution < -0.4 is 5.32 Å². The van der Waals surface area contributed by atoms with Crippen molar-refractivity contribution in [2.24, 2.45) is 5.92 Å². The average molecular weight is 313 g/mol. The van der Waals surface area contributed by atoms with E-state index in [-0.39, 0.29) is 12.5 Å². The number of alkyl carbamates (subject to hydrolysis) is 1. The standard InChI is InChI=1S/C16H27NO5/c1-7-21-14(19)9-8-13(18)12(10-11(2)3)17-15(20)22-16(4,5)6/h11-13,18H,7,10H2,1-6H3,(H,17,20)/t12-,13?/m0/s1. The van der Waals surface area contributed by atoms with Crippen molar-refractivity contribution in [3.05, 3.63) is 0 Å². The molecule has 1 amide bonds. The van der Waals surface area contributed by atoms with Crippen LogP contribution in [0.4, 0.5) is 4.79 Å². The number of nitrogens with one attached hydrogen (secondary N) is 1. The van der Waals surface area contributed by atoms with E-state index >= 15 is 0 Å². The number of esters is 1. The number of carbonyl (C=O) groups excluding carboxylic acids is 2. The zero-order valence-electron chi connectivity index (χ0n) is 14.2. The highest BCUT2D eigenvalue weighted by atomic mass is 16.6. The van der Waals surface area contributed by atoms with Gasteiger partial charge in [0.05, 0.1) is 12.6 Å². The average Bonchev–Trinajstić information content (AvgIpc) is 2.32. The molecule has 0 aliphatic carbocycles.